The highest BCUT2D eigenvalue weighted by Crippen LogP contribution is 2.46. The van der Waals surface area contributed by atoms with Crippen molar-refractivity contribution in [2.45, 2.75) is 32.0 Å². The maximum atomic E-state index is 11.4. The van der Waals surface area contributed by atoms with Crippen molar-refractivity contribution < 1.29 is 19.7 Å². The van der Waals surface area contributed by atoms with Gasteiger partial charge in [0.1, 0.15) is 0 Å². The number of rotatable bonds is 0. The zero-order valence-electron chi connectivity index (χ0n) is 7.56. The lowest BCUT2D eigenvalue weighted by molar-refractivity contribution is -0.150. The molecule has 1 heterocycles. The van der Waals surface area contributed by atoms with E-state index in [0.717, 1.165) is 0 Å². The van der Waals surface area contributed by atoms with Gasteiger partial charge < -0.3 is 14.9 Å². The number of carbonyl (C=O) groups is 1. The molecule has 13 heavy (non-hydrogen) atoms. The Bertz CT molecular complexity index is 240. The van der Waals surface area contributed by atoms with Gasteiger partial charge in [-0.25, -0.2) is 0 Å². The smallest absolute Gasteiger partial charge is 0.312 e. The highest BCUT2D eigenvalue weighted by atomic mass is 16.5. The molecule has 0 bridgehead atoms. The van der Waals surface area contributed by atoms with E-state index in [-0.39, 0.29) is 11.9 Å². The van der Waals surface area contributed by atoms with Crippen LogP contribution in [-0.2, 0) is 9.53 Å². The van der Waals surface area contributed by atoms with E-state index in [4.69, 9.17) is 4.74 Å². The summed E-state index contributed by atoms with van der Waals surface area (Å²) >= 11 is 0. The number of hydrogen-bond donors (Lipinski definition) is 2. The van der Waals surface area contributed by atoms with Crippen LogP contribution < -0.4 is 0 Å². The predicted octanol–water partition coefficient (Wildman–Crippen LogP) is -0.319. The summed E-state index contributed by atoms with van der Waals surface area (Å²) < 4.78 is 4.94. The normalized spacial score (nSPS) is 50.1. The van der Waals surface area contributed by atoms with Gasteiger partial charge in [-0.15, -0.1) is 0 Å². The SMILES string of the molecule is CC12CC(O)C(O)CC1COC2=O. The summed E-state index contributed by atoms with van der Waals surface area (Å²) in [6, 6.07) is 0. The minimum Gasteiger partial charge on any atom is -0.465 e. The molecule has 1 saturated heterocycles. The van der Waals surface area contributed by atoms with Crippen LogP contribution in [0.25, 0.3) is 0 Å². The van der Waals surface area contributed by atoms with Crippen LogP contribution in [0.5, 0.6) is 0 Å². The molecule has 0 spiro atoms. The van der Waals surface area contributed by atoms with E-state index in [1.165, 1.54) is 0 Å². The minimum absolute atomic E-state index is 0.0680. The van der Waals surface area contributed by atoms with E-state index in [9.17, 15) is 15.0 Å². The van der Waals surface area contributed by atoms with Crippen LogP contribution in [0.15, 0.2) is 0 Å². The van der Waals surface area contributed by atoms with Crippen LogP contribution in [-0.4, -0.2) is 35.0 Å². The number of aliphatic hydroxyl groups excluding tert-OH is 2. The second kappa shape index (κ2) is 2.69. The largest absolute Gasteiger partial charge is 0.465 e. The molecular formula is C9H14O4. The molecule has 1 aliphatic carbocycles. The van der Waals surface area contributed by atoms with Crippen molar-refractivity contribution in [1.82, 2.24) is 0 Å². The Hall–Kier alpha value is -0.610. The average Bonchev–Trinajstić information content (AvgIpc) is 2.32. The quantitative estimate of drug-likeness (QED) is 0.509. The molecule has 2 N–H and O–H groups in total. The number of carbonyl (C=O) groups excluding carboxylic acids is 1. The first-order chi connectivity index (χ1) is 6.04. The van der Waals surface area contributed by atoms with Gasteiger partial charge >= 0.3 is 5.97 Å². The number of cyclic esters (lactones) is 1. The van der Waals surface area contributed by atoms with Gasteiger partial charge in [0, 0.05) is 5.92 Å². The average molecular weight is 186 g/mol. The number of hydrogen-bond acceptors (Lipinski definition) is 4. The van der Waals surface area contributed by atoms with Crippen LogP contribution in [0.3, 0.4) is 0 Å². The van der Waals surface area contributed by atoms with Gasteiger partial charge in [0.25, 0.3) is 0 Å². The summed E-state index contributed by atoms with van der Waals surface area (Å²) in [5.74, 6) is -0.165. The van der Waals surface area contributed by atoms with Gasteiger partial charge in [-0.3, -0.25) is 4.79 Å². The monoisotopic (exact) mass is 186 g/mol. The Morgan fingerprint density at radius 3 is 2.85 bits per heavy atom. The van der Waals surface area contributed by atoms with Gasteiger partial charge in [-0.1, -0.05) is 0 Å². The molecule has 4 unspecified atom stereocenters. The molecular weight excluding hydrogens is 172 g/mol. The van der Waals surface area contributed by atoms with Crippen molar-refractivity contribution in [2.75, 3.05) is 6.61 Å². The molecule has 1 aliphatic heterocycles. The molecule has 74 valence electrons. The summed E-state index contributed by atoms with van der Waals surface area (Å²) in [7, 11) is 0. The van der Waals surface area contributed by atoms with Gasteiger partial charge in [0.2, 0.25) is 0 Å². The fourth-order valence-electron chi connectivity index (χ4n) is 2.29. The molecule has 4 heteroatoms. The first kappa shape index (κ1) is 8.97. The summed E-state index contributed by atoms with van der Waals surface area (Å²) in [5.41, 5.74) is -0.571. The number of aliphatic hydroxyl groups is 2. The van der Waals surface area contributed by atoms with E-state index in [2.05, 4.69) is 0 Å². The summed E-state index contributed by atoms with van der Waals surface area (Å²) in [4.78, 5) is 11.4. The van der Waals surface area contributed by atoms with E-state index in [0.29, 0.717) is 19.4 Å². The summed E-state index contributed by atoms with van der Waals surface area (Å²) in [6.07, 6.45) is -0.708. The Labute approximate surface area is 76.5 Å². The number of fused-ring (bicyclic) bond motifs is 1. The highest BCUT2D eigenvalue weighted by molar-refractivity contribution is 5.79. The minimum atomic E-state index is -0.785. The first-order valence-corrected chi connectivity index (χ1v) is 4.57. The Balaban J connectivity index is 2.22. The van der Waals surface area contributed by atoms with Gasteiger partial charge in [-0.05, 0) is 19.8 Å². The van der Waals surface area contributed by atoms with Gasteiger partial charge in [0.05, 0.1) is 24.2 Å². The zero-order chi connectivity index (χ0) is 9.64. The Morgan fingerprint density at radius 1 is 1.46 bits per heavy atom. The maximum absolute atomic E-state index is 11.4. The topological polar surface area (TPSA) is 66.8 Å². The maximum Gasteiger partial charge on any atom is 0.312 e. The third-order valence-corrected chi connectivity index (χ3v) is 3.39. The molecule has 2 rings (SSSR count). The molecule has 4 nitrogen and oxygen atoms in total. The molecule has 0 aromatic carbocycles. The van der Waals surface area contributed by atoms with E-state index in [1.807, 2.05) is 6.92 Å². The fourth-order valence-corrected chi connectivity index (χ4v) is 2.29. The van der Waals surface area contributed by atoms with Crippen molar-refractivity contribution in [3.05, 3.63) is 0 Å². The standard InChI is InChI=1S/C9H14O4/c1-9-3-7(11)6(10)2-5(9)4-13-8(9)12/h5-7,10-11H,2-4H2,1H3. The van der Waals surface area contributed by atoms with Crippen LogP contribution in [0.1, 0.15) is 19.8 Å². The highest BCUT2D eigenvalue weighted by Gasteiger charge is 2.53. The molecule has 0 aromatic rings. The fraction of sp³-hybridized carbons (Fsp3) is 0.889. The number of ether oxygens (including phenoxy) is 1. The zero-order valence-corrected chi connectivity index (χ0v) is 7.56. The molecule has 0 radical (unpaired) electrons. The van der Waals surface area contributed by atoms with Crippen molar-refractivity contribution in [3.63, 3.8) is 0 Å². The summed E-state index contributed by atoms with van der Waals surface area (Å²) in [5, 5.41) is 18.9. The second-order valence-corrected chi connectivity index (χ2v) is 4.29. The lowest BCUT2D eigenvalue weighted by Gasteiger charge is -2.37. The van der Waals surface area contributed by atoms with Crippen LogP contribution in [0.4, 0.5) is 0 Å². The Kier molecular flexibility index (Phi) is 1.85. The van der Waals surface area contributed by atoms with Crippen LogP contribution in [0, 0.1) is 11.3 Å². The first-order valence-electron chi connectivity index (χ1n) is 4.57. The lowest BCUT2D eigenvalue weighted by Crippen LogP contribution is -2.45. The molecule has 4 atom stereocenters. The third-order valence-electron chi connectivity index (χ3n) is 3.39. The second-order valence-electron chi connectivity index (χ2n) is 4.29. The van der Waals surface area contributed by atoms with Crippen molar-refractivity contribution in [1.29, 1.82) is 0 Å². The van der Waals surface area contributed by atoms with Gasteiger partial charge in [0.15, 0.2) is 0 Å². The van der Waals surface area contributed by atoms with Gasteiger partial charge in [-0.2, -0.15) is 0 Å². The Morgan fingerprint density at radius 2 is 2.15 bits per heavy atom. The van der Waals surface area contributed by atoms with E-state index >= 15 is 0 Å². The molecule has 0 amide bonds. The predicted molar refractivity (Wildman–Crippen MR) is 43.8 cm³/mol. The lowest BCUT2D eigenvalue weighted by atomic mass is 9.67. The van der Waals surface area contributed by atoms with Crippen molar-refractivity contribution >= 4 is 5.97 Å². The number of esters is 1. The molecule has 0 aromatic heterocycles. The van der Waals surface area contributed by atoms with E-state index in [1.54, 1.807) is 0 Å². The molecule has 2 fully saturated rings. The van der Waals surface area contributed by atoms with Crippen molar-refractivity contribution in [3.8, 4) is 0 Å². The van der Waals surface area contributed by atoms with Crippen molar-refractivity contribution in [2.24, 2.45) is 11.3 Å². The summed E-state index contributed by atoms with van der Waals surface area (Å²) in [6.45, 7) is 2.20. The molecule has 1 saturated carbocycles. The third kappa shape index (κ3) is 1.16. The molecule has 2 aliphatic rings. The van der Waals surface area contributed by atoms with Crippen LogP contribution >= 0.6 is 0 Å². The van der Waals surface area contributed by atoms with E-state index < -0.39 is 17.6 Å². The van der Waals surface area contributed by atoms with Crippen LogP contribution in [0.2, 0.25) is 0 Å².